The van der Waals surface area contributed by atoms with Crippen LogP contribution in [0.4, 0.5) is 0 Å². The zero-order valence-corrected chi connectivity index (χ0v) is 12.2. The van der Waals surface area contributed by atoms with Crippen LogP contribution in [0.5, 0.6) is 0 Å². The minimum atomic E-state index is 0.0188. The van der Waals surface area contributed by atoms with Crippen LogP contribution in [0.3, 0.4) is 0 Å². The average Bonchev–Trinajstić information content (AvgIpc) is 2.83. The Morgan fingerprint density at radius 1 is 1.00 bits per heavy atom. The molecule has 0 amide bonds. The van der Waals surface area contributed by atoms with Gasteiger partial charge in [0.05, 0.1) is 0 Å². The zero-order valence-electron chi connectivity index (χ0n) is 12.2. The Labute approximate surface area is 124 Å². The van der Waals surface area contributed by atoms with Crippen LogP contribution < -0.4 is 0 Å². The second-order valence-corrected chi connectivity index (χ2v) is 5.56. The number of aromatic amines is 1. The van der Waals surface area contributed by atoms with Crippen molar-refractivity contribution in [3.63, 3.8) is 0 Å². The van der Waals surface area contributed by atoms with E-state index in [0.29, 0.717) is 0 Å². The number of hydrogen-bond donors (Lipinski definition) is 1. The van der Waals surface area contributed by atoms with Crippen LogP contribution in [0.25, 0.3) is 10.9 Å². The van der Waals surface area contributed by atoms with Crippen LogP contribution >= 0.6 is 0 Å². The summed E-state index contributed by atoms with van der Waals surface area (Å²) in [7, 11) is 0. The first kappa shape index (κ1) is 13.6. The molecule has 0 saturated carbocycles. The highest BCUT2D eigenvalue weighted by molar-refractivity contribution is 5.84. The van der Waals surface area contributed by atoms with Crippen molar-refractivity contribution in [1.82, 2.24) is 4.98 Å². The molecule has 0 saturated heterocycles. The number of aryl methyl sites for hydroxylation is 1. The largest absolute Gasteiger partial charge is 0.358 e. The minimum absolute atomic E-state index is 0.0188. The quantitative estimate of drug-likeness (QED) is 0.700. The molecule has 0 aliphatic heterocycles. The molecule has 1 heterocycles. The van der Waals surface area contributed by atoms with Crippen LogP contribution in [0.2, 0.25) is 0 Å². The number of para-hydroxylation sites is 1. The van der Waals surface area contributed by atoms with E-state index in [9.17, 15) is 4.79 Å². The Morgan fingerprint density at radius 2 is 1.71 bits per heavy atom. The normalized spacial score (nSPS) is 12.4. The number of fused-ring (bicyclic) bond motifs is 1. The van der Waals surface area contributed by atoms with E-state index < -0.39 is 0 Å². The smallest absolute Gasteiger partial charge is 0.123 e. The summed E-state index contributed by atoms with van der Waals surface area (Å²) in [6, 6.07) is 18.5. The van der Waals surface area contributed by atoms with Gasteiger partial charge >= 0.3 is 0 Å². The molecule has 1 N–H and O–H groups in total. The highest BCUT2D eigenvalue weighted by Gasteiger charge is 2.15. The lowest BCUT2D eigenvalue weighted by atomic mass is 9.92. The molecule has 0 aliphatic carbocycles. The van der Waals surface area contributed by atoms with Gasteiger partial charge in [0, 0.05) is 22.5 Å². The molecule has 0 unspecified atom stereocenters. The third kappa shape index (κ3) is 2.89. The zero-order chi connectivity index (χ0) is 14.7. The summed E-state index contributed by atoms with van der Waals surface area (Å²) >= 11 is 0. The van der Waals surface area contributed by atoms with E-state index in [2.05, 4.69) is 36.2 Å². The Bertz CT molecular complexity index is 743. The Balaban J connectivity index is 1.86. The third-order valence-corrected chi connectivity index (χ3v) is 4.03. The fourth-order valence-corrected chi connectivity index (χ4v) is 2.95. The molecule has 106 valence electrons. The highest BCUT2D eigenvalue weighted by Crippen LogP contribution is 2.25. The lowest BCUT2D eigenvalue weighted by Gasteiger charge is -2.11. The number of carbonyl (C=O) groups excluding carboxylic acids is 1. The molecule has 0 fully saturated rings. The van der Waals surface area contributed by atoms with Crippen molar-refractivity contribution < 1.29 is 4.79 Å². The molecule has 0 spiro atoms. The summed E-state index contributed by atoms with van der Waals surface area (Å²) in [5.74, 6) is 0.0188. The molecule has 1 aromatic heterocycles. The number of benzene rings is 2. The van der Waals surface area contributed by atoms with Gasteiger partial charge in [0.25, 0.3) is 0 Å². The van der Waals surface area contributed by atoms with E-state index in [-0.39, 0.29) is 5.92 Å². The number of nitrogens with one attached hydrogen (secondary N) is 1. The van der Waals surface area contributed by atoms with Gasteiger partial charge in [0.1, 0.15) is 6.29 Å². The molecule has 2 nitrogen and oxygen atoms in total. The SMILES string of the molecule is Cc1[nH]c2ccccc2c1C[C@@H](C=O)Cc1ccccc1. The maximum absolute atomic E-state index is 11.5. The fraction of sp³-hybridized carbons (Fsp3) is 0.211. The van der Waals surface area contributed by atoms with Gasteiger partial charge in [-0.05, 0) is 37.0 Å². The van der Waals surface area contributed by atoms with Crippen molar-refractivity contribution in [2.45, 2.75) is 19.8 Å². The van der Waals surface area contributed by atoms with Gasteiger partial charge in [-0.1, -0.05) is 48.5 Å². The molecule has 0 radical (unpaired) electrons. The van der Waals surface area contributed by atoms with Gasteiger partial charge in [-0.15, -0.1) is 0 Å². The molecular formula is C19H19NO. The second kappa shape index (κ2) is 5.96. The Morgan fingerprint density at radius 3 is 2.48 bits per heavy atom. The van der Waals surface area contributed by atoms with Crippen molar-refractivity contribution >= 4 is 17.2 Å². The number of aldehydes is 1. The van der Waals surface area contributed by atoms with Crippen molar-refractivity contribution in [3.05, 3.63) is 71.4 Å². The first-order valence-electron chi connectivity index (χ1n) is 7.33. The molecule has 0 aliphatic rings. The van der Waals surface area contributed by atoms with Gasteiger partial charge in [-0.3, -0.25) is 0 Å². The summed E-state index contributed by atoms with van der Waals surface area (Å²) in [6.07, 6.45) is 2.67. The standard InChI is InChI=1S/C19H19NO/c1-14-18(17-9-5-6-10-19(17)20-14)12-16(13-21)11-15-7-3-2-4-8-15/h2-10,13,16,20H,11-12H2,1H3/t16-/m0/s1. The lowest BCUT2D eigenvalue weighted by molar-refractivity contribution is -0.111. The minimum Gasteiger partial charge on any atom is -0.358 e. The van der Waals surface area contributed by atoms with E-state index in [1.807, 2.05) is 30.3 Å². The number of H-pyrrole nitrogens is 1. The Hall–Kier alpha value is -2.35. The number of hydrogen-bond acceptors (Lipinski definition) is 1. The first-order valence-corrected chi connectivity index (χ1v) is 7.33. The van der Waals surface area contributed by atoms with Gasteiger partial charge in [0.15, 0.2) is 0 Å². The monoisotopic (exact) mass is 277 g/mol. The topological polar surface area (TPSA) is 32.9 Å². The summed E-state index contributed by atoms with van der Waals surface area (Å²) < 4.78 is 0. The predicted molar refractivity (Wildman–Crippen MR) is 86.4 cm³/mol. The predicted octanol–water partition coefficient (Wildman–Crippen LogP) is 4.08. The average molecular weight is 277 g/mol. The van der Waals surface area contributed by atoms with Gasteiger partial charge in [0.2, 0.25) is 0 Å². The second-order valence-electron chi connectivity index (χ2n) is 5.56. The van der Waals surface area contributed by atoms with E-state index in [4.69, 9.17) is 0 Å². The van der Waals surface area contributed by atoms with Gasteiger partial charge in [-0.2, -0.15) is 0 Å². The lowest BCUT2D eigenvalue weighted by Crippen LogP contribution is -2.10. The summed E-state index contributed by atoms with van der Waals surface area (Å²) in [5, 5.41) is 1.23. The van der Waals surface area contributed by atoms with Crippen molar-refractivity contribution in [3.8, 4) is 0 Å². The molecule has 21 heavy (non-hydrogen) atoms. The van der Waals surface area contributed by atoms with E-state index >= 15 is 0 Å². The number of rotatable bonds is 5. The Kier molecular flexibility index (Phi) is 3.87. The summed E-state index contributed by atoms with van der Waals surface area (Å²) in [5.41, 5.74) is 4.79. The fourth-order valence-electron chi connectivity index (χ4n) is 2.95. The maximum atomic E-state index is 11.5. The molecular weight excluding hydrogens is 258 g/mol. The molecule has 0 bridgehead atoms. The van der Waals surface area contributed by atoms with Gasteiger partial charge < -0.3 is 9.78 Å². The molecule has 2 heteroatoms. The van der Waals surface area contributed by atoms with E-state index in [0.717, 1.165) is 30.3 Å². The molecule has 2 aromatic carbocycles. The van der Waals surface area contributed by atoms with E-state index in [1.165, 1.54) is 16.5 Å². The summed E-state index contributed by atoms with van der Waals surface area (Å²) in [4.78, 5) is 14.9. The van der Waals surface area contributed by atoms with Crippen molar-refractivity contribution in [2.24, 2.45) is 5.92 Å². The number of aromatic nitrogens is 1. The van der Waals surface area contributed by atoms with Crippen LogP contribution in [-0.2, 0) is 17.6 Å². The van der Waals surface area contributed by atoms with Crippen molar-refractivity contribution in [2.75, 3.05) is 0 Å². The van der Waals surface area contributed by atoms with Crippen LogP contribution in [0, 0.1) is 12.8 Å². The highest BCUT2D eigenvalue weighted by atomic mass is 16.1. The molecule has 3 rings (SSSR count). The van der Waals surface area contributed by atoms with Crippen LogP contribution in [-0.4, -0.2) is 11.3 Å². The molecule has 1 atom stereocenters. The molecule has 3 aromatic rings. The first-order chi connectivity index (χ1) is 10.3. The summed E-state index contributed by atoms with van der Waals surface area (Å²) in [6.45, 7) is 2.08. The maximum Gasteiger partial charge on any atom is 0.123 e. The van der Waals surface area contributed by atoms with Crippen LogP contribution in [0.1, 0.15) is 16.8 Å². The van der Waals surface area contributed by atoms with Crippen LogP contribution in [0.15, 0.2) is 54.6 Å². The number of carbonyl (C=O) groups is 1. The third-order valence-electron chi connectivity index (χ3n) is 4.03. The van der Waals surface area contributed by atoms with Crippen molar-refractivity contribution in [1.29, 1.82) is 0 Å². The van der Waals surface area contributed by atoms with E-state index in [1.54, 1.807) is 0 Å². The van der Waals surface area contributed by atoms with Gasteiger partial charge in [-0.25, -0.2) is 0 Å².